The minimum atomic E-state index is -0.676. The second-order valence-electron chi connectivity index (χ2n) is 5.74. The monoisotopic (exact) mass is 363 g/mol. The second-order valence-corrected chi connectivity index (χ2v) is 6.15. The first-order chi connectivity index (χ1) is 12.6. The zero-order valence-corrected chi connectivity index (χ0v) is 14.1. The van der Waals surface area contributed by atoms with Crippen LogP contribution in [-0.4, -0.2) is 14.9 Å². The summed E-state index contributed by atoms with van der Waals surface area (Å²) >= 11 is 6.30. The van der Waals surface area contributed by atoms with Crippen molar-refractivity contribution in [1.82, 2.24) is 9.78 Å². The van der Waals surface area contributed by atoms with Gasteiger partial charge in [-0.15, -0.1) is 0 Å². The number of halogens is 2. The minimum Gasteiger partial charge on any atom is -0.505 e. The predicted molar refractivity (Wildman–Crippen MR) is 99.4 cm³/mol. The summed E-state index contributed by atoms with van der Waals surface area (Å²) in [5.41, 5.74) is 3.59. The molecule has 0 unspecified atom stereocenters. The van der Waals surface area contributed by atoms with Crippen LogP contribution in [0.1, 0.15) is 0 Å². The quantitative estimate of drug-likeness (QED) is 0.461. The van der Waals surface area contributed by atoms with E-state index in [4.69, 9.17) is 18.2 Å². The highest BCUT2D eigenvalue weighted by molar-refractivity contribution is 6.33. The van der Waals surface area contributed by atoms with Crippen molar-refractivity contribution in [2.24, 2.45) is 0 Å². The Morgan fingerprint density at radius 2 is 1.92 bits per heavy atom. The standard InChI is InChI=1S/C20H11ClFN3O/c1-23-14-3-5-16(17(21)9-14)12-2-7-19-13(8-12)11-24-25(19)15-4-6-18(22)20(26)10-15/h2-11,26H. The van der Waals surface area contributed by atoms with Gasteiger partial charge in [-0.3, -0.25) is 0 Å². The first kappa shape index (κ1) is 16.1. The number of phenols is 1. The third-order valence-corrected chi connectivity index (χ3v) is 4.45. The average Bonchev–Trinajstić information content (AvgIpc) is 3.07. The van der Waals surface area contributed by atoms with Crippen molar-refractivity contribution in [1.29, 1.82) is 0 Å². The van der Waals surface area contributed by atoms with Crippen LogP contribution in [0, 0.1) is 12.4 Å². The van der Waals surface area contributed by atoms with E-state index in [2.05, 4.69) is 9.94 Å². The molecular formula is C20H11ClFN3O. The number of hydrogen-bond donors (Lipinski definition) is 1. The van der Waals surface area contributed by atoms with Crippen LogP contribution in [0.15, 0.2) is 60.8 Å². The summed E-state index contributed by atoms with van der Waals surface area (Å²) in [5.74, 6) is -1.10. The van der Waals surface area contributed by atoms with Gasteiger partial charge in [0, 0.05) is 16.5 Å². The van der Waals surface area contributed by atoms with Crippen LogP contribution < -0.4 is 0 Å². The van der Waals surface area contributed by atoms with Gasteiger partial charge >= 0.3 is 0 Å². The van der Waals surface area contributed by atoms with Gasteiger partial charge in [0.1, 0.15) is 0 Å². The fraction of sp³-hybridized carbons (Fsp3) is 0. The summed E-state index contributed by atoms with van der Waals surface area (Å²) in [6, 6.07) is 15.0. The fourth-order valence-electron chi connectivity index (χ4n) is 2.85. The van der Waals surface area contributed by atoms with Gasteiger partial charge in [-0.25, -0.2) is 13.9 Å². The molecule has 0 bridgehead atoms. The third-order valence-electron chi connectivity index (χ3n) is 4.14. The van der Waals surface area contributed by atoms with Gasteiger partial charge in [-0.05, 0) is 41.5 Å². The number of benzene rings is 3. The molecule has 0 aliphatic rings. The molecule has 4 rings (SSSR count). The Morgan fingerprint density at radius 3 is 2.65 bits per heavy atom. The highest BCUT2D eigenvalue weighted by atomic mass is 35.5. The first-order valence-electron chi connectivity index (χ1n) is 7.71. The van der Waals surface area contributed by atoms with Crippen LogP contribution in [0.3, 0.4) is 0 Å². The van der Waals surface area contributed by atoms with E-state index >= 15 is 0 Å². The molecule has 4 nitrogen and oxygen atoms in total. The zero-order valence-electron chi connectivity index (χ0n) is 13.3. The largest absolute Gasteiger partial charge is 0.505 e. The smallest absolute Gasteiger partial charge is 0.188 e. The van der Waals surface area contributed by atoms with Crippen LogP contribution in [-0.2, 0) is 0 Å². The minimum absolute atomic E-state index is 0.422. The molecule has 4 aromatic rings. The van der Waals surface area contributed by atoms with Crippen molar-refractivity contribution in [3.05, 3.63) is 83.1 Å². The van der Waals surface area contributed by atoms with Crippen molar-refractivity contribution in [2.75, 3.05) is 0 Å². The molecule has 1 N–H and O–H groups in total. The summed E-state index contributed by atoms with van der Waals surface area (Å²) in [4.78, 5) is 3.37. The molecule has 1 heterocycles. The van der Waals surface area contributed by atoms with Crippen LogP contribution >= 0.6 is 11.6 Å². The number of rotatable bonds is 2. The molecule has 1 aromatic heterocycles. The Balaban J connectivity index is 1.81. The van der Waals surface area contributed by atoms with Crippen LogP contribution in [0.4, 0.5) is 10.1 Å². The van der Waals surface area contributed by atoms with Crippen LogP contribution in [0.2, 0.25) is 5.02 Å². The van der Waals surface area contributed by atoms with E-state index < -0.39 is 11.6 Å². The van der Waals surface area contributed by atoms with Gasteiger partial charge in [0.25, 0.3) is 0 Å². The molecule has 0 spiro atoms. The van der Waals surface area contributed by atoms with Gasteiger partial charge in [0.2, 0.25) is 0 Å². The van der Waals surface area contributed by atoms with Crippen LogP contribution in [0.5, 0.6) is 5.75 Å². The lowest BCUT2D eigenvalue weighted by Crippen LogP contribution is -1.96. The molecular weight excluding hydrogens is 353 g/mol. The number of fused-ring (bicyclic) bond motifs is 1. The van der Waals surface area contributed by atoms with Gasteiger partial charge in [0.05, 0.1) is 24.0 Å². The number of nitrogens with zero attached hydrogens (tertiary/aromatic N) is 3. The number of aromatic hydroxyl groups is 1. The van der Waals surface area contributed by atoms with Crippen molar-refractivity contribution >= 4 is 28.2 Å². The molecule has 0 atom stereocenters. The lowest BCUT2D eigenvalue weighted by Gasteiger charge is -2.07. The number of aromatic nitrogens is 2. The highest BCUT2D eigenvalue weighted by Gasteiger charge is 2.11. The molecule has 26 heavy (non-hydrogen) atoms. The lowest BCUT2D eigenvalue weighted by atomic mass is 10.0. The van der Waals surface area contributed by atoms with Crippen molar-refractivity contribution in [3.8, 4) is 22.6 Å². The molecule has 0 fully saturated rings. The molecule has 0 saturated heterocycles. The van der Waals surface area contributed by atoms with Crippen molar-refractivity contribution in [2.45, 2.75) is 0 Å². The fourth-order valence-corrected chi connectivity index (χ4v) is 3.13. The van der Waals surface area contributed by atoms with Gasteiger partial charge < -0.3 is 5.11 Å². The topological polar surface area (TPSA) is 42.4 Å². The van der Waals surface area contributed by atoms with Gasteiger partial charge in [0.15, 0.2) is 17.3 Å². The van der Waals surface area contributed by atoms with Crippen LogP contribution in [0.25, 0.3) is 32.6 Å². The zero-order chi connectivity index (χ0) is 18.3. The summed E-state index contributed by atoms with van der Waals surface area (Å²) in [6.45, 7) is 7.05. The molecule has 0 amide bonds. The predicted octanol–water partition coefficient (Wildman–Crippen LogP) is 5.74. The molecule has 0 radical (unpaired) electrons. The summed E-state index contributed by atoms with van der Waals surface area (Å²) in [7, 11) is 0. The highest BCUT2D eigenvalue weighted by Crippen LogP contribution is 2.33. The Labute approximate surface area is 153 Å². The molecule has 0 aliphatic carbocycles. The van der Waals surface area contributed by atoms with Crippen molar-refractivity contribution in [3.63, 3.8) is 0 Å². The lowest BCUT2D eigenvalue weighted by molar-refractivity contribution is 0.432. The molecule has 126 valence electrons. The van der Waals surface area contributed by atoms with E-state index in [9.17, 15) is 9.50 Å². The average molecular weight is 364 g/mol. The van der Waals surface area contributed by atoms with Gasteiger partial charge in [-0.1, -0.05) is 29.8 Å². The van der Waals surface area contributed by atoms with Gasteiger partial charge in [-0.2, -0.15) is 5.10 Å². The first-order valence-corrected chi connectivity index (χ1v) is 8.08. The third kappa shape index (κ3) is 2.67. The molecule has 6 heteroatoms. The molecule has 3 aromatic carbocycles. The maximum absolute atomic E-state index is 13.3. The molecule has 0 saturated carbocycles. The van der Waals surface area contributed by atoms with E-state index in [1.54, 1.807) is 29.1 Å². The summed E-state index contributed by atoms with van der Waals surface area (Å²) in [5, 5.41) is 15.3. The second kappa shape index (κ2) is 6.17. The Hall–Kier alpha value is -3.36. The number of phenolic OH excluding ortho intramolecular Hbond substituents is 1. The SMILES string of the molecule is [C-]#[N+]c1ccc(-c2ccc3c(cnn3-c3ccc(F)c(O)c3)c2)c(Cl)c1. The van der Waals surface area contributed by atoms with Crippen molar-refractivity contribution < 1.29 is 9.50 Å². The Morgan fingerprint density at radius 1 is 1.08 bits per heavy atom. The maximum Gasteiger partial charge on any atom is 0.188 e. The Bertz CT molecular complexity index is 1190. The normalized spacial score (nSPS) is 10.8. The van der Waals surface area contributed by atoms with E-state index in [0.29, 0.717) is 16.4 Å². The van der Waals surface area contributed by atoms with E-state index in [-0.39, 0.29) is 0 Å². The van der Waals surface area contributed by atoms with E-state index in [1.807, 2.05) is 24.3 Å². The number of hydrogen-bond acceptors (Lipinski definition) is 2. The van der Waals surface area contributed by atoms with E-state index in [1.165, 1.54) is 12.1 Å². The van der Waals surface area contributed by atoms with E-state index in [0.717, 1.165) is 22.0 Å². The molecule has 0 aliphatic heterocycles. The Kier molecular flexibility index (Phi) is 3.83. The summed E-state index contributed by atoms with van der Waals surface area (Å²) in [6.07, 6.45) is 1.70. The maximum atomic E-state index is 13.3. The summed E-state index contributed by atoms with van der Waals surface area (Å²) < 4.78 is 14.9.